The summed E-state index contributed by atoms with van der Waals surface area (Å²) in [7, 11) is 1.67. The molecular weight excluding hydrogens is 306 g/mol. The highest BCUT2D eigenvalue weighted by Crippen LogP contribution is 2.35. The summed E-state index contributed by atoms with van der Waals surface area (Å²) >= 11 is 3.54. The summed E-state index contributed by atoms with van der Waals surface area (Å²) in [6.07, 6.45) is 2.24. The normalized spacial score (nSPS) is 13.6. The maximum absolute atomic E-state index is 5.83. The Morgan fingerprint density at radius 3 is 3.00 bits per heavy atom. The topological polar surface area (TPSA) is 53.1 Å². The Morgan fingerprint density at radius 2 is 2.32 bits per heavy atom. The molecule has 0 radical (unpaired) electrons. The largest absolute Gasteiger partial charge is 0.496 e. The Hall–Kier alpha value is -1.33. The monoisotopic (exact) mass is 321 g/mol. The highest BCUT2D eigenvalue weighted by atomic mass is 79.9. The lowest BCUT2D eigenvalue weighted by Crippen LogP contribution is -2.01. The molecule has 1 aliphatic rings. The molecule has 2 aromatic rings. The zero-order chi connectivity index (χ0) is 13.4. The molecule has 1 aromatic heterocycles. The zero-order valence-corrected chi connectivity index (χ0v) is 12.4. The van der Waals surface area contributed by atoms with E-state index in [1.54, 1.807) is 7.11 Å². The fraction of sp³-hybridized carbons (Fsp3) is 0.357. The second kappa shape index (κ2) is 4.98. The molecule has 2 N–H and O–H groups in total. The molecule has 1 aliphatic heterocycles. The second-order valence-corrected chi connectivity index (χ2v) is 5.50. The van der Waals surface area contributed by atoms with Crippen LogP contribution in [0.25, 0.3) is 11.1 Å². The van der Waals surface area contributed by atoms with Crippen LogP contribution >= 0.6 is 15.9 Å². The summed E-state index contributed by atoms with van der Waals surface area (Å²) in [5.74, 6) is 0.835. The number of fused-ring (bicyclic) bond motifs is 1. The second-order valence-electron chi connectivity index (χ2n) is 4.65. The fourth-order valence-corrected chi connectivity index (χ4v) is 3.23. The van der Waals surface area contributed by atoms with Crippen molar-refractivity contribution in [3.63, 3.8) is 0 Å². The maximum atomic E-state index is 5.83. The van der Waals surface area contributed by atoms with E-state index in [9.17, 15) is 0 Å². The quantitative estimate of drug-likeness (QED) is 0.945. The number of rotatable bonds is 3. The van der Waals surface area contributed by atoms with Crippen molar-refractivity contribution in [1.82, 2.24) is 9.78 Å². The van der Waals surface area contributed by atoms with Gasteiger partial charge in [0.05, 0.1) is 17.3 Å². The number of aryl methyl sites for hydroxylation is 1. The van der Waals surface area contributed by atoms with Gasteiger partial charge in [-0.25, -0.2) is 0 Å². The Labute approximate surface area is 120 Å². The van der Waals surface area contributed by atoms with Gasteiger partial charge in [0, 0.05) is 24.3 Å². The standard InChI is InChI=1S/C14H16BrN3O/c1-19-13-5-4-9(7-10(13)15)14-11(8-16)17-18-6-2-3-12(14)18/h4-5,7H,2-3,6,8,16H2,1H3. The first-order chi connectivity index (χ1) is 9.24. The predicted molar refractivity (Wildman–Crippen MR) is 78.1 cm³/mol. The summed E-state index contributed by atoms with van der Waals surface area (Å²) in [5, 5.41) is 4.60. The van der Waals surface area contributed by atoms with Crippen LogP contribution in [-0.2, 0) is 19.5 Å². The van der Waals surface area contributed by atoms with Crippen LogP contribution < -0.4 is 10.5 Å². The van der Waals surface area contributed by atoms with Gasteiger partial charge in [-0.05, 0) is 46.5 Å². The highest BCUT2D eigenvalue weighted by molar-refractivity contribution is 9.10. The van der Waals surface area contributed by atoms with E-state index in [2.05, 4.69) is 37.8 Å². The molecule has 0 aliphatic carbocycles. The van der Waals surface area contributed by atoms with Crippen molar-refractivity contribution < 1.29 is 4.74 Å². The first-order valence-corrected chi connectivity index (χ1v) is 7.16. The fourth-order valence-electron chi connectivity index (χ4n) is 2.68. The number of hydrogen-bond acceptors (Lipinski definition) is 3. The first kappa shape index (κ1) is 12.7. The van der Waals surface area contributed by atoms with Gasteiger partial charge in [0.15, 0.2) is 0 Å². The number of ether oxygens (including phenoxy) is 1. The molecule has 5 heteroatoms. The highest BCUT2D eigenvalue weighted by Gasteiger charge is 2.22. The molecule has 0 atom stereocenters. The molecule has 0 spiro atoms. The molecule has 0 amide bonds. The van der Waals surface area contributed by atoms with Gasteiger partial charge < -0.3 is 10.5 Å². The number of nitrogens with two attached hydrogens (primary N) is 1. The molecule has 0 bridgehead atoms. The lowest BCUT2D eigenvalue weighted by molar-refractivity contribution is 0.412. The lowest BCUT2D eigenvalue weighted by atomic mass is 10.0. The molecular formula is C14H16BrN3O. The third kappa shape index (κ3) is 2.07. The Bertz CT molecular complexity index is 621. The average Bonchev–Trinajstić information content (AvgIpc) is 2.98. The maximum Gasteiger partial charge on any atom is 0.133 e. The lowest BCUT2D eigenvalue weighted by Gasteiger charge is -2.08. The predicted octanol–water partition coefficient (Wildman–Crippen LogP) is 2.73. The number of methoxy groups -OCH3 is 1. The van der Waals surface area contributed by atoms with E-state index in [1.165, 1.54) is 11.3 Å². The van der Waals surface area contributed by atoms with E-state index in [0.29, 0.717) is 6.54 Å². The van der Waals surface area contributed by atoms with E-state index in [0.717, 1.165) is 40.9 Å². The molecule has 19 heavy (non-hydrogen) atoms. The molecule has 0 saturated carbocycles. The summed E-state index contributed by atoms with van der Waals surface area (Å²) in [4.78, 5) is 0. The average molecular weight is 322 g/mol. The minimum Gasteiger partial charge on any atom is -0.496 e. The van der Waals surface area contributed by atoms with Gasteiger partial charge in [-0.3, -0.25) is 4.68 Å². The van der Waals surface area contributed by atoms with Crippen molar-refractivity contribution >= 4 is 15.9 Å². The van der Waals surface area contributed by atoms with Gasteiger partial charge in [0.1, 0.15) is 5.75 Å². The van der Waals surface area contributed by atoms with Crippen LogP contribution in [0.15, 0.2) is 22.7 Å². The van der Waals surface area contributed by atoms with Gasteiger partial charge in [-0.1, -0.05) is 6.07 Å². The Morgan fingerprint density at radius 1 is 1.47 bits per heavy atom. The third-order valence-corrected chi connectivity index (χ3v) is 4.17. The number of hydrogen-bond donors (Lipinski definition) is 1. The van der Waals surface area contributed by atoms with Gasteiger partial charge in [-0.2, -0.15) is 5.10 Å². The smallest absolute Gasteiger partial charge is 0.133 e. The van der Waals surface area contributed by atoms with Crippen LogP contribution in [0, 0.1) is 0 Å². The minimum atomic E-state index is 0.471. The van der Waals surface area contributed by atoms with Gasteiger partial charge in [0.2, 0.25) is 0 Å². The van der Waals surface area contributed by atoms with E-state index < -0.39 is 0 Å². The van der Waals surface area contributed by atoms with Crippen LogP contribution in [0.1, 0.15) is 17.8 Å². The number of aromatic nitrogens is 2. The third-order valence-electron chi connectivity index (χ3n) is 3.55. The summed E-state index contributed by atoms with van der Waals surface area (Å²) < 4.78 is 8.32. The van der Waals surface area contributed by atoms with Crippen LogP contribution in [0.5, 0.6) is 5.75 Å². The van der Waals surface area contributed by atoms with E-state index >= 15 is 0 Å². The molecule has 4 nitrogen and oxygen atoms in total. The van der Waals surface area contributed by atoms with Crippen molar-refractivity contribution in [2.24, 2.45) is 5.73 Å². The van der Waals surface area contributed by atoms with Gasteiger partial charge in [-0.15, -0.1) is 0 Å². The molecule has 1 aromatic carbocycles. The first-order valence-electron chi connectivity index (χ1n) is 6.37. The SMILES string of the molecule is COc1ccc(-c2c(CN)nn3c2CCC3)cc1Br. The minimum absolute atomic E-state index is 0.471. The molecule has 3 rings (SSSR count). The van der Waals surface area contributed by atoms with Gasteiger partial charge >= 0.3 is 0 Å². The number of nitrogens with zero attached hydrogens (tertiary/aromatic N) is 2. The molecule has 2 heterocycles. The van der Waals surface area contributed by atoms with Crippen molar-refractivity contribution in [3.05, 3.63) is 34.1 Å². The number of benzene rings is 1. The van der Waals surface area contributed by atoms with Crippen LogP contribution in [0.4, 0.5) is 0 Å². The van der Waals surface area contributed by atoms with Crippen LogP contribution in [0.2, 0.25) is 0 Å². The van der Waals surface area contributed by atoms with Crippen LogP contribution in [-0.4, -0.2) is 16.9 Å². The zero-order valence-electron chi connectivity index (χ0n) is 10.8. The molecule has 0 saturated heterocycles. The Balaban J connectivity index is 2.13. The molecule has 0 fully saturated rings. The van der Waals surface area contributed by atoms with E-state index in [4.69, 9.17) is 10.5 Å². The van der Waals surface area contributed by atoms with Crippen molar-refractivity contribution in [1.29, 1.82) is 0 Å². The summed E-state index contributed by atoms with van der Waals surface area (Å²) in [5.41, 5.74) is 10.5. The summed E-state index contributed by atoms with van der Waals surface area (Å²) in [6, 6.07) is 6.12. The van der Waals surface area contributed by atoms with Crippen molar-refractivity contribution in [3.8, 4) is 16.9 Å². The summed E-state index contributed by atoms with van der Waals surface area (Å²) in [6.45, 7) is 1.47. The molecule has 0 unspecified atom stereocenters. The van der Waals surface area contributed by atoms with Crippen molar-refractivity contribution in [2.75, 3.05) is 7.11 Å². The number of halogens is 1. The van der Waals surface area contributed by atoms with E-state index in [1.807, 2.05) is 6.07 Å². The van der Waals surface area contributed by atoms with Crippen LogP contribution in [0.3, 0.4) is 0 Å². The molecule has 100 valence electrons. The Kier molecular flexibility index (Phi) is 3.33. The van der Waals surface area contributed by atoms with Gasteiger partial charge in [0.25, 0.3) is 0 Å². The van der Waals surface area contributed by atoms with E-state index in [-0.39, 0.29) is 0 Å². The van der Waals surface area contributed by atoms with Crippen molar-refractivity contribution in [2.45, 2.75) is 25.9 Å².